The average molecular weight is 415 g/mol. The molecule has 2 aromatic rings. The molecule has 7 heteroatoms. The number of rotatable bonds is 6. The minimum absolute atomic E-state index is 0.0715. The maximum atomic E-state index is 13.1. The van der Waals surface area contributed by atoms with E-state index in [0.29, 0.717) is 18.8 Å². The van der Waals surface area contributed by atoms with Gasteiger partial charge in [-0.15, -0.1) is 0 Å². The molecule has 0 aliphatic carbocycles. The third kappa shape index (κ3) is 5.25. The predicted molar refractivity (Wildman–Crippen MR) is 114 cm³/mol. The zero-order chi connectivity index (χ0) is 20.9. The van der Waals surface area contributed by atoms with E-state index >= 15 is 0 Å². The molecule has 0 radical (unpaired) electrons. The van der Waals surface area contributed by atoms with Gasteiger partial charge in [0, 0.05) is 24.9 Å². The third-order valence-electron chi connectivity index (χ3n) is 4.87. The Balaban J connectivity index is 1.79. The van der Waals surface area contributed by atoms with Crippen LogP contribution in [0.1, 0.15) is 30.4 Å². The van der Waals surface area contributed by atoms with Crippen molar-refractivity contribution < 1.29 is 17.9 Å². The van der Waals surface area contributed by atoms with E-state index in [1.54, 1.807) is 18.2 Å². The van der Waals surface area contributed by atoms with Crippen molar-refractivity contribution in [3.05, 3.63) is 59.7 Å². The SMILES string of the molecule is COc1ccc(NC(=O)/C=C/c2ccc(C)cc2)cc1S(=O)(=O)N1CCCCC1. The number of nitrogens with one attached hydrogen (secondary N) is 1. The molecule has 0 aromatic heterocycles. The number of piperidine rings is 1. The van der Waals surface area contributed by atoms with E-state index in [1.165, 1.54) is 23.6 Å². The summed E-state index contributed by atoms with van der Waals surface area (Å²) in [6.07, 6.45) is 5.87. The fraction of sp³-hybridized carbons (Fsp3) is 0.318. The normalized spacial score (nSPS) is 15.4. The molecule has 2 aromatic carbocycles. The highest BCUT2D eigenvalue weighted by molar-refractivity contribution is 7.89. The summed E-state index contributed by atoms with van der Waals surface area (Å²) >= 11 is 0. The van der Waals surface area contributed by atoms with Gasteiger partial charge < -0.3 is 10.1 Å². The van der Waals surface area contributed by atoms with Crippen LogP contribution in [0.3, 0.4) is 0 Å². The summed E-state index contributed by atoms with van der Waals surface area (Å²) in [5, 5.41) is 2.73. The molecule has 1 amide bonds. The second-order valence-corrected chi connectivity index (χ2v) is 8.97. The van der Waals surface area contributed by atoms with E-state index in [4.69, 9.17) is 4.74 Å². The molecule has 3 rings (SSSR count). The lowest BCUT2D eigenvalue weighted by molar-refractivity contribution is -0.111. The van der Waals surface area contributed by atoms with E-state index in [9.17, 15) is 13.2 Å². The first kappa shape index (κ1) is 21.1. The van der Waals surface area contributed by atoms with Crippen molar-refractivity contribution in [3.8, 4) is 5.75 Å². The second kappa shape index (κ2) is 9.24. The lowest BCUT2D eigenvalue weighted by Crippen LogP contribution is -2.35. The number of carbonyl (C=O) groups is 1. The summed E-state index contributed by atoms with van der Waals surface area (Å²) < 4.78 is 32.9. The van der Waals surface area contributed by atoms with Gasteiger partial charge in [0.2, 0.25) is 15.9 Å². The quantitative estimate of drug-likeness (QED) is 0.729. The summed E-state index contributed by atoms with van der Waals surface area (Å²) in [5.41, 5.74) is 2.46. The Labute approximate surface area is 172 Å². The van der Waals surface area contributed by atoms with Crippen LogP contribution >= 0.6 is 0 Å². The molecule has 1 heterocycles. The van der Waals surface area contributed by atoms with Crippen LogP contribution < -0.4 is 10.1 Å². The monoisotopic (exact) mass is 414 g/mol. The smallest absolute Gasteiger partial charge is 0.248 e. The summed E-state index contributed by atoms with van der Waals surface area (Å²) in [7, 11) is -2.25. The van der Waals surface area contributed by atoms with Crippen LogP contribution in [0, 0.1) is 6.92 Å². The first-order chi connectivity index (χ1) is 13.9. The molecular weight excluding hydrogens is 388 g/mol. The van der Waals surface area contributed by atoms with E-state index in [2.05, 4.69) is 5.32 Å². The van der Waals surface area contributed by atoms with E-state index in [-0.39, 0.29) is 16.6 Å². The summed E-state index contributed by atoms with van der Waals surface area (Å²) in [4.78, 5) is 12.4. The Bertz CT molecular complexity index is 992. The molecule has 0 atom stereocenters. The molecule has 154 valence electrons. The molecule has 1 aliphatic heterocycles. The molecule has 1 N–H and O–H groups in total. The van der Waals surface area contributed by atoms with E-state index in [0.717, 1.165) is 30.4 Å². The van der Waals surface area contributed by atoms with Gasteiger partial charge >= 0.3 is 0 Å². The van der Waals surface area contributed by atoms with Crippen LogP contribution in [0.2, 0.25) is 0 Å². The van der Waals surface area contributed by atoms with Crippen molar-refractivity contribution in [1.29, 1.82) is 0 Å². The molecule has 0 spiro atoms. The lowest BCUT2D eigenvalue weighted by atomic mass is 10.1. The van der Waals surface area contributed by atoms with Crippen molar-refractivity contribution in [1.82, 2.24) is 4.31 Å². The largest absolute Gasteiger partial charge is 0.495 e. The number of aryl methyl sites for hydroxylation is 1. The first-order valence-electron chi connectivity index (χ1n) is 9.64. The zero-order valence-corrected chi connectivity index (χ0v) is 17.5. The molecule has 0 unspecified atom stereocenters. The fourth-order valence-electron chi connectivity index (χ4n) is 3.23. The highest BCUT2D eigenvalue weighted by atomic mass is 32.2. The van der Waals surface area contributed by atoms with E-state index < -0.39 is 10.0 Å². The Morgan fingerprint density at radius 1 is 1.07 bits per heavy atom. The summed E-state index contributed by atoms with van der Waals surface area (Å²) in [6, 6.07) is 12.4. The molecule has 1 fully saturated rings. The minimum atomic E-state index is -3.68. The molecule has 0 saturated carbocycles. The minimum Gasteiger partial charge on any atom is -0.495 e. The lowest BCUT2D eigenvalue weighted by Gasteiger charge is -2.26. The van der Waals surface area contributed by atoms with Crippen molar-refractivity contribution in [2.24, 2.45) is 0 Å². The van der Waals surface area contributed by atoms with Gasteiger partial charge in [0.1, 0.15) is 10.6 Å². The van der Waals surface area contributed by atoms with Gasteiger partial charge in [-0.3, -0.25) is 4.79 Å². The van der Waals surface area contributed by atoms with Crippen molar-refractivity contribution in [2.75, 3.05) is 25.5 Å². The average Bonchev–Trinajstić information content (AvgIpc) is 2.74. The molecule has 1 aliphatic rings. The Morgan fingerprint density at radius 3 is 2.41 bits per heavy atom. The third-order valence-corrected chi connectivity index (χ3v) is 6.79. The number of hydrogen-bond acceptors (Lipinski definition) is 4. The first-order valence-corrected chi connectivity index (χ1v) is 11.1. The maximum Gasteiger partial charge on any atom is 0.248 e. The number of ether oxygens (including phenoxy) is 1. The van der Waals surface area contributed by atoms with Crippen LogP contribution in [0.15, 0.2) is 53.4 Å². The van der Waals surface area contributed by atoms with E-state index in [1.807, 2.05) is 31.2 Å². The molecule has 1 saturated heterocycles. The number of hydrogen-bond donors (Lipinski definition) is 1. The molecular formula is C22H26N2O4S. The highest BCUT2D eigenvalue weighted by Crippen LogP contribution is 2.31. The summed E-state index contributed by atoms with van der Waals surface area (Å²) in [6.45, 7) is 3.00. The van der Waals surface area contributed by atoms with Gasteiger partial charge in [-0.25, -0.2) is 8.42 Å². The van der Waals surface area contributed by atoms with Gasteiger partial charge in [-0.1, -0.05) is 36.2 Å². The van der Waals surface area contributed by atoms with Crippen molar-refractivity contribution in [2.45, 2.75) is 31.1 Å². The Hall–Kier alpha value is -2.64. The van der Waals surface area contributed by atoms with Crippen molar-refractivity contribution >= 4 is 27.7 Å². The van der Waals surface area contributed by atoms with Crippen LogP contribution in [0.5, 0.6) is 5.75 Å². The molecule has 6 nitrogen and oxygen atoms in total. The highest BCUT2D eigenvalue weighted by Gasteiger charge is 2.29. The Kier molecular flexibility index (Phi) is 6.71. The van der Waals surface area contributed by atoms with Crippen LogP contribution in [-0.2, 0) is 14.8 Å². The van der Waals surface area contributed by atoms with Crippen LogP contribution in [0.4, 0.5) is 5.69 Å². The Morgan fingerprint density at radius 2 is 1.76 bits per heavy atom. The number of carbonyl (C=O) groups excluding carboxylic acids is 1. The maximum absolute atomic E-state index is 13.1. The van der Waals surface area contributed by atoms with Crippen molar-refractivity contribution in [3.63, 3.8) is 0 Å². The number of nitrogens with zero attached hydrogens (tertiary/aromatic N) is 1. The standard InChI is InChI=1S/C22H26N2O4S/c1-17-6-8-18(9-7-17)10-13-22(25)23-19-11-12-20(28-2)21(16-19)29(26,27)24-14-4-3-5-15-24/h6-13,16H,3-5,14-15H2,1-2H3,(H,23,25)/b13-10+. The molecule has 0 bridgehead atoms. The predicted octanol–water partition coefficient (Wildman–Crippen LogP) is 3.83. The van der Waals surface area contributed by atoms with Gasteiger partial charge in [-0.2, -0.15) is 4.31 Å². The topological polar surface area (TPSA) is 75.7 Å². The van der Waals surface area contributed by atoms with Crippen LogP contribution in [-0.4, -0.2) is 38.8 Å². The number of methoxy groups -OCH3 is 1. The van der Waals surface area contributed by atoms with Gasteiger partial charge in [-0.05, 0) is 49.6 Å². The number of sulfonamides is 1. The fourth-order valence-corrected chi connectivity index (χ4v) is 4.93. The molecule has 29 heavy (non-hydrogen) atoms. The van der Waals surface area contributed by atoms with Crippen LogP contribution in [0.25, 0.3) is 6.08 Å². The number of anilines is 1. The van der Waals surface area contributed by atoms with Gasteiger partial charge in [0.25, 0.3) is 0 Å². The van der Waals surface area contributed by atoms with Gasteiger partial charge in [0.15, 0.2) is 0 Å². The second-order valence-electron chi connectivity index (χ2n) is 7.06. The number of amides is 1. The van der Waals surface area contributed by atoms with Gasteiger partial charge in [0.05, 0.1) is 7.11 Å². The summed E-state index contributed by atoms with van der Waals surface area (Å²) in [5.74, 6) is -0.0687. The number of benzene rings is 2. The zero-order valence-electron chi connectivity index (χ0n) is 16.7.